The van der Waals surface area contributed by atoms with Gasteiger partial charge in [-0.25, -0.2) is 0 Å². The molecular formula is C12H13N3O. The number of anilines is 1. The standard InChI is InChI=1S/C12H13N3O/c1-2-16-10-5-3-4-9(8-10)11-6-7-14-15-12(11)13/h3-8H,2H2,1H3,(H2,13,15). The summed E-state index contributed by atoms with van der Waals surface area (Å²) in [6.45, 7) is 2.60. The van der Waals surface area contributed by atoms with Crippen molar-refractivity contribution in [3.05, 3.63) is 36.5 Å². The summed E-state index contributed by atoms with van der Waals surface area (Å²) in [5.41, 5.74) is 7.62. The van der Waals surface area contributed by atoms with E-state index in [2.05, 4.69) is 10.2 Å². The van der Waals surface area contributed by atoms with Gasteiger partial charge in [-0.1, -0.05) is 12.1 Å². The van der Waals surface area contributed by atoms with E-state index in [1.54, 1.807) is 6.20 Å². The zero-order chi connectivity index (χ0) is 11.4. The number of benzene rings is 1. The van der Waals surface area contributed by atoms with Crippen LogP contribution in [-0.2, 0) is 0 Å². The summed E-state index contributed by atoms with van der Waals surface area (Å²) in [5.74, 6) is 1.26. The van der Waals surface area contributed by atoms with Crippen LogP contribution < -0.4 is 10.5 Å². The maximum absolute atomic E-state index is 5.76. The molecule has 1 aromatic heterocycles. The van der Waals surface area contributed by atoms with Gasteiger partial charge in [-0.15, -0.1) is 5.10 Å². The van der Waals surface area contributed by atoms with Gasteiger partial charge in [-0.2, -0.15) is 5.10 Å². The van der Waals surface area contributed by atoms with Crippen LogP contribution in [0, 0.1) is 0 Å². The molecule has 0 amide bonds. The Morgan fingerprint density at radius 3 is 2.94 bits per heavy atom. The molecule has 0 atom stereocenters. The Morgan fingerprint density at radius 2 is 2.19 bits per heavy atom. The zero-order valence-electron chi connectivity index (χ0n) is 9.05. The zero-order valence-corrected chi connectivity index (χ0v) is 9.05. The normalized spacial score (nSPS) is 10.1. The van der Waals surface area contributed by atoms with E-state index in [9.17, 15) is 0 Å². The lowest BCUT2D eigenvalue weighted by molar-refractivity contribution is 0.340. The van der Waals surface area contributed by atoms with Crippen molar-refractivity contribution in [3.8, 4) is 16.9 Å². The lowest BCUT2D eigenvalue weighted by Gasteiger charge is -2.07. The molecule has 2 aromatic rings. The molecule has 0 fully saturated rings. The average Bonchev–Trinajstić information content (AvgIpc) is 2.30. The van der Waals surface area contributed by atoms with Crippen molar-refractivity contribution >= 4 is 5.82 Å². The molecule has 0 aliphatic carbocycles. The van der Waals surface area contributed by atoms with Crippen molar-refractivity contribution < 1.29 is 4.74 Å². The monoisotopic (exact) mass is 215 g/mol. The second kappa shape index (κ2) is 4.61. The van der Waals surface area contributed by atoms with Crippen LogP contribution in [0.2, 0.25) is 0 Å². The predicted molar refractivity (Wildman–Crippen MR) is 63.0 cm³/mol. The molecule has 0 saturated carbocycles. The van der Waals surface area contributed by atoms with Crippen LogP contribution in [0.1, 0.15) is 6.92 Å². The maximum Gasteiger partial charge on any atom is 0.153 e. The molecule has 0 aliphatic rings. The van der Waals surface area contributed by atoms with Crippen LogP contribution in [0.4, 0.5) is 5.82 Å². The van der Waals surface area contributed by atoms with E-state index >= 15 is 0 Å². The van der Waals surface area contributed by atoms with Crippen molar-refractivity contribution in [2.45, 2.75) is 6.92 Å². The van der Waals surface area contributed by atoms with Gasteiger partial charge >= 0.3 is 0 Å². The lowest BCUT2D eigenvalue weighted by Crippen LogP contribution is -1.96. The Kier molecular flexibility index (Phi) is 3.00. The van der Waals surface area contributed by atoms with Crippen LogP contribution in [-0.4, -0.2) is 16.8 Å². The molecule has 0 bridgehead atoms. The molecule has 4 nitrogen and oxygen atoms in total. The van der Waals surface area contributed by atoms with Gasteiger partial charge in [0.2, 0.25) is 0 Å². The molecule has 2 N–H and O–H groups in total. The number of nitrogens with two attached hydrogens (primary N) is 1. The van der Waals surface area contributed by atoms with E-state index in [1.165, 1.54) is 0 Å². The molecule has 1 aromatic carbocycles. The van der Waals surface area contributed by atoms with Gasteiger partial charge in [-0.3, -0.25) is 0 Å². The van der Waals surface area contributed by atoms with Gasteiger partial charge in [0.15, 0.2) is 5.82 Å². The fourth-order valence-electron chi connectivity index (χ4n) is 1.51. The topological polar surface area (TPSA) is 61.0 Å². The molecule has 4 heteroatoms. The first-order chi connectivity index (χ1) is 7.81. The van der Waals surface area contributed by atoms with Crippen molar-refractivity contribution in [2.24, 2.45) is 0 Å². The van der Waals surface area contributed by atoms with Gasteiger partial charge in [-0.05, 0) is 30.7 Å². The van der Waals surface area contributed by atoms with Gasteiger partial charge in [0, 0.05) is 5.56 Å². The highest BCUT2D eigenvalue weighted by Gasteiger charge is 2.04. The van der Waals surface area contributed by atoms with Gasteiger partial charge in [0.25, 0.3) is 0 Å². The highest BCUT2D eigenvalue weighted by Crippen LogP contribution is 2.26. The highest BCUT2D eigenvalue weighted by atomic mass is 16.5. The third-order valence-electron chi connectivity index (χ3n) is 2.21. The van der Waals surface area contributed by atoms with Crippen LogP contribution >= 0.6 is 0 Å². The number of aromatic nitrogens is 2. The van der Waals surface area contributed by atoms with Crippen molar-refractivity contribution in [1.82, 2.24) is 10.2 Å². The average molecular weight is 215 g/mol. The molecule has 0 radical (unpaired) electrons. The van der Waals surface area contributed by atoms with E-state index in [1.807, 2.05) is 37.3 Å². The minimum atomic E-state index is 0.427. The summed E-state index contributed by atoms with van der Waals surface area (Å²) in [6, 6.07) is 9.60. The van der Waals surface area contributed by atoms with E-state index in [-0.39, 0.29) is 0 Å². The maximum atomic E-state index is 5.76. The second-order valence-corrected chi connectivity index (χ2v) is 3.29. The van der Waals surface area contributed by atoms with Gasteiger partial charge < -0.3 is 10.5 Å². The van der Waals surface area contributed by atoms with Crippen molar-refractivity contribution in [3.63, 3.8) is 0 Å². The first kappa shape index (κ1) is 10.4. The van der Waals surface area contributed by atoms with Gasteiger partial charge in [0.1, 0.15) is 5.75 Å². The molecule has 0 unspecified atom stereocenters. The minimum absolute atomic E-state index is 0.427. The SMILES string of the molecule is CCOc1cccc(-c2ccnnc2N)c1. The molecule has 82 valence electrons. The molecule has 0 aliphatic heterocycles. The van der Waals surface area contributed by atoms with E-state index in [0.29, 0.717) is 12.4 Å². The summed E-state index contributed by atoms with van der Waals surface area (Å²) in [4.78, 5) is 0. The summed E-state index contributed by atoms with van der Waals surface area (Å²) < 4.78 is 5.43. The largest absolute Gasteiger partial charge is 0.494 e. The van der Waals surface area contributed by atoms with Crippen molar-refractivity contribution in [2.75, 3.05) is 12.3 Å². The number of rotatable bonds is 3. The number of hydrogen-bond acceptors (Lipinski definition) is 4. The van der Waals surface area contributed by atoms with Gasteiger partial charge in [0.05, 0.1) is 12.8 Å². The Morgan fingerprint density at radius 1 is 1.31 bits per heavy atom. The van der Waals surface area contributed by atoms with E-state index in [0.717, 1.165) is 16.9 Å². The Labute approximate surface area is 94.1 Å². The third-order valence-corrected chi connectivity index (χ3v) is 2.21. The quantitative estimate of drug-likeness (QED) is 0.851. The Hall–Kier alpha value is -2.10. The molecule has 2 rings (SSSR count). The lowest BCUT2D eigenvalue weighted by atomic mass is 10.1. The minimum Gasteiger partial charge on any atom is -0.494 e. The first-order valence-electron chi connectivity index (χ1n) is 5.11. The molecule has 0 saturated heterocycles. The summed E-state index contributed by atoms with van der Waals surface area (Å²) in [7, 11) is 0. The number of nitrogens with zero attached hydrogens (tertiary/aromatic N) is 2. The number of ether oxygens (including phenoxy) is 1. The second-order valence-electron chi connectivity index (χ2n) is 3.29. The fourth-order valence-corrected chi connectivity index (χ4v) is 1.51. The van der Waals surface area contributed by atoms with Crippen LogP contribution in [0.5, 0.6) is 5.75 Å². The number of hydrogen-bond donors (Lipinski definition) is 1. The fraction of sp³-hybridized carbons (Fsp3) is 0.167. The Bertz CT molecular complexity index is 485. The molecule has 16 heavy (non-hydrogen) atoms. The summed E-state index contributed by atoms with van der Waals surface area (Å²) in [6.07, 6.45) is 1.62. The van der Waals surface area contributed by atoms with E-state index < -0.39 is 0 Å². The number of nitrogen functional groups attached to an aromatic ring is 1. The van der Waals surface area contributed by atoms with Crippen LogP contribution in [0.3, 0.4) is 0 Å². The first-order valence-corrected chi connectivity index (χ1v) is 5.11. The smallest absolute Gasteiger partial charge is 0.153 e. The molecule has 1 heterocycles. The molecular weight excluding hydrogens is 202 g/mol. The highest BCUT2D eigenvalue weighted by molar-refractivity contribution is 5.73. The van der Waals surface area contributed by atoms with Crippen molar-refractivity contribution in [1.29, 1.82) is 0 Å². The van der Waals surface area contributed by atoms with Crippen LogP contribution in [0.15, 0.2) is 36.5 Å². The summed E-state index contributed by atoms with van der Waals surface area (Å²) in [5, 5.41) is 7.54. The third kappa shape index (κ3) is 2.11. The summed E-state index contributed by atoms with van der Waals surface area (Å²) >= 11 is 0. The van der Waals surface area contributed by atoms with E-state index in [4.69, 9.17) is 10.5 Å². The molecule has 0 spiro atoms. The predicted octanol–water partition coefficient (Wildman–Crippen LogP) is 2.12. The Balaban J connectivity index is 2.40. The van der Waals surface area contributed by atoms with Crippen LogP contribution in [0.25, 0.3) is 11.1 Å².